The van der Waals surface area contributed by atoms with Gasteiger partial charge in [-0.05, 0) is 85.0 Å². The maximum absolute atomic E-state index is 12.5. The molecule has 132 valence electrons. The monoisotopic (exact) mass is 336 g/mol. The van der Waals surface area contributed by atoms with Crippen molar-refractivity contribution < 1.29 is 9.59 Å². The molecule has 4 aliphatic carbocycles. The van der Waals surface area contributed by atoms with E-state index in [-0.39, 0.29) is 5.41 Å². The van der Waals surface area contributed by atoms with Crippen molar-refractivity contribution in [2.24, 2.45) is 17.3 Å². The lowest BCUT2D eigenvalue weighted by atomic mass is 9.55. The first-order valence-corrected chi connectivity index (χ1v) is 10.3. The highest BCUT2D eigenvalue weighted by Gasteiger charge is 2.54. The Morgan fingerprint density at radius 1 is 0.840 bits per heavy atom. The summed E-state index contributed by atoms with van der Waals surface area (Å²) in [6.45, 7) is 2.25. The van der Waals surface area contributed by atoms with Gasteiger partial charge in [0.2, 0.25) is 0 Å². The van der Waals surface area contributed by atoms with E-state index in [1.807, 2.05) is 0 Å². The van der Waals surface area contributed by atoms with Crippen LogP contribution in [0.5, 0.6) is 0 Å². The molecule has 0 amide bonds. The molecule has 0 bridgehead atoms. The molecule has 0 spiro atoms. The molecule has 0 saturated heterocycles. The lowest BCUT2D eigenvalue weighted by molar-refractivity contribution is -0.129. The summed E-state index contributed by atoms with van der Waals surface area (Å²) in [4.78, 5) is 24.3. The van der Waals surface area contributed by atoms with Gasteiger partial charge in [-0.3, -0.25) is 9.59 Å². The van der Waals surface area contributed by atoms with Gasteiger partial charge in [-0.25, -0.2) is 0 Å². The summed E-state index contributed by atoms with van der Waals surface area (Å²) in [5, 5.41) is 0. The van der Waals surface area contributed by atoms with Gasteiger partial charge in [0.25, 0.3) is 0 Å². The minimum atomic E-state index is -0.0310. The van der Waals surface area contributed by atoms with Crippen LogP contribution in [0, 0.1) is 17.3 Å². The predicted molar refractivity (Wildman–Crippen MR) is 97.7 cm³/mol. The number of aryl methyl sites for hydroxylation is 3. The van der Waals surface area contributed by atoms with Gasteiger partial charge in [0.15, 0.2) is 0 Å². The average molecular weight is 336 g/mol. The van der Waals surface area contributed by atoms with E-state index < -0.39 is 0 Å². The second kappa shape index (κ2) is 5.53. The van der Waals surface area contributed by atoms with Crippen LogP contribution in [0.25, 0.3) is 0 Å². The van der Waals surface area contributed by atoms with E-state index in [0.717, 1.165) is 44.9 Å². The van der Waals surface area contributed by atoms with Crippen LogP contribution >= 0.6 is 0 Å². The van der Waals surface area contributed by atoms with Crippen molar-refractivity contribution >= 4 is 11.6 Å². The summed E-state index contributed by atoms with van der Waals surface area (Å²) < 4.78 is 0. The molecule has 1 aromatic carbocycles. The smallest absolute Gasteiger partial charge is 0.139 e. The summed E-state index contributed by atoms with van der Waals surface area (Å²) in [6, 6.07) is 4.91. The van der Waals surface area contributed by atoms with E-state index in [4.69, 9.17) is 0 Å². The van der Waals surface area contributed by atoms with Crippen LogP contribution in [-0.4, -0.2) is 11.6 Å². The normalized spacial score (nSPS) is 36.9. The van der Waals surface area contributed by atoms with E-state index in [2.05, 4.69) is 19.1 Å². The highest BCUT2D eigenvalue weighted by Crippen LogP contribution is 2.59. The number of hydrogen-bond donors (Lipinski definition) is 0. The van der Waals surface area contributed by atoms with Crippen LogP contribution in [0.15, 0.2) is 12.1 Å². The first kappa shape index (κ1) is 15.8. The number of Topliss-reactive ketones (excluding diaryl/α,β-unsaturated/α-hetero) is 2. The Hall–Kier alpha value is -1.44. The van der Waals surface area contributed by atoms with Gasteiger partial charge in [0.05, 0.1) is 0 Å². The standard InChI is InChI=1S/C23H28O2/c1-23-11-10-18-19(21(23)8-9-22(23)25)7-4-16-12-14-2-5-17(24)6-3-15(14)13-20(16)18/h12-13,18-19,21H,2-11H2,1H3/t18-,19+,21-,23-/m1/s1. The Bertz CT molecular complexity index is 762. The maximum Gasteiger partial charge on any atom is 0.139 e. The number of carbonyl (C=O) groups is 2. The van der Waals surface area contributed by atoms with E-state index in [9.17, 15) is 9.59 Å². The highest BCUT2D eigenvalue weighted by molar-refractivity contribution is 5.87. The van der Waals surface area contributed by atoms with E-state index in [0.29, 0.717) is 29.3 Å². The lowest BCUT2D eigenvalue weighted by Crippen LogP contribution is -2.42. The predicted octanol–water partition coefficient (Wildman–Crippen LogP) is 4.56. The van der Waals surface area contributed by atoms with Crippen LogP contribution in [-0.2, 0) is 28.9 Å². The minimum absolute atomic E-state index is 0.0310. The fourth-order valence-corrected chi connectivity index (χ4v) is 6.63. The zero-order chi connectivity index (χ0) is 17.2. The Morgan fingerprint density at radius 2 is 1.60 bits per heavy atom. The van der Waals surface area contributed by atoms with E-state index >= 15 is 0 Å². The van der Waals surface area contributed by atoms with Gasteiger partial charge in [-0.2, -0.15) is 0 Å². The van der Waals surface area contributed by atoms with Crippen molar-refractivity contribution in [2.45, 2.75) is 77.0 Å². The Labute approximate surface area is 150 Å². The molecule has 0 aliphatic heterocycles. The molecule has 4 aliphatic rings. The quantitative estimate of drug-likeness (QED) is 0.651. The molecular weight excluding hydrogens is 308 g/mol. The molecule has 25 heavy (non-hydrogen) atoms. The van der Waals surface area contributed by atoms with Crippen LogP contribution in [0.4, 0.5) is 0 Å². The largest absolute Gasteiger partial charge is 0.300 e. The van der Waals surface area contributed by atoms with Crippen LogP contribution in [0.1, 0.15) is 80.0 Å². The number of carbonyl (C=O) groups excluding carboxylic acids is 2. The third-order valence-electron chi connectivity index (χ3n) is 8.10. The molecule has 2 fully saturated rings. The molecule has 2 heteroatoms. The van der Waals surface area contributed by atoms with Gasteiger partial charge < -0.3 is 0 Å². The maximum atomic E-state index is 12.5. The van der Waals surface area contributed by atoms with E-state index in [1.54, 1.807) is 11.1 Å². The third-order valence-corrected chi connectivity index (χ3v) is 8.10. The fourth-order valence-electron chi connectivity index (χ4n) is 6.63. The van der Waals surface area contributed by atoms with Gasteiger partial charge in [0.1, 0.15) is 11.6 Å². The Morgan fingerprint density at radius 3 is 2.40 bits per heavy atom. The van der Waals surface area contributed by atoms with Gasteiger partial charge in [0, 0.05) is 24.7 Å². The Balaban J connectivity index is 1.52. The number of rotatable bonds is 0. The summed E-state index contributed by atoms with van der Waals surface area (Å²) in [5.41, 5.74) is 5.95. The van der Waals surface area contributed by atoms with E-state index in [1.165, 1.54) is 30.4 Å². The van der Waals surface area contributed by atoms with Crippen molar-refractivity contribution in [1.82, 2.24) is 0 Å². The second-order valence-electron chi connectivity index (χ2n) is 9.19. The zero-order valence-corrected chi connectivity index (χ0v) is 15.3. The highest BCUT2D eigenvalue weighted by atomic mass is 16.1. The summed E-state index contributed by atoms with van der Waals surface area (Å²) in [5.74, 6) is 2.90. The molecule has 0 aromatic heterocycles. The van der Waals surface area contributed by atoms with Crippen molar-refractivity contribution in [2.75, 3.05) is 0 Å². The molecule has 0 radical (unpaired) electrons. The molecule has 2 nitrogen and oxygen atoms in total. The lowest BCUT2D eigenvalue weighted by Gasteiger charge is -2.48. The number of ketones is 2. The SMILES string of the molecule is C[C@@]12CC[C@H]3c4cc5c(cc4CC[C@@H]3[C@H]1CCC2=O)CCC(=O)CC5. The summed E-state index contributed by atoms with van der Waals surface area (Å²) in [7, 11) is 0. The molecule has 0 heterocycles. The summed E-state index contributed by atoms with van der Waals surface area (Å²) >= 11 is 0. The molecule has 5 rings (SSSR count). The molecular formula is C23H28O2. The molecule has 4 atom stereocenters. The first-order valence-electron chi connectivity index (χ1n) is 10.3. The van der Waals surface area contributed by atoms with Gasteiger partial charge in [-0.1, -0.05) is 19.1 Å². The van der Waals surface area contributed by atoms with Gasteiger partial charge >= 0.3 is 0 Å². The van der Waals surface area contributed by atoms with Crippen LogP contribution in [0.2, 0.25) is 0 Å². The molecule has 2 saturated carbocycles. The van der Waals surface area contributed by atoms with Crippen LogP contribution in [0.3, 0.4) is 0 Å². The van der Waals surface area contributed by atoms with Crippen molar-refractivity contribution in [3.05, 3.63) is 34.4 Å². The van der Waals surface area contributed by atoms with Crippen molar-refractivity contribution in [3.63, 3.8) is 0 Å². The molecule has 1 aromatic rings. The number of benzene rings is 1. The number of hydrogen-bond acceptors (Lipinski definition) is 2. The number of fused-ring (bicyclic) bond motifs is 6. The average Bonchev–Trinajstić information content (AvgIpc) is 2.80. The fraction of sp³-hybridized carbons (Fsp3) is 0.652. The summed E-state index contributed by atoms with van der Waals surface area (Å²) in [6.07, 6.45) is 9.90. The van der Waals surface area contributed by atoms with Crippen molar-refractivity contribution in [3.8, 4) is 0 Å². The first-order chi connectivity index (χ1) is 12.1. The van der Waals surface area contributed by atoms with Crippen molar-refractivity contribution in [1.29, 1.82) is 0 Å². The zero-order valence-electron chi connectivity index (χ0n) is 15.3. The third kappa shape index (κ3) is 2.29. The topological polar surface area (TPSA) is 34.1 Å². The van der Waals surface area contributed by atoms with Crippen LogP contribution < -0.4 is 0 Å². The minimum Gasteiger partial charge on any atom is -0.300 e. The second-order valence-corrected chi connectivity index (χ2v) is 9.19. The van der Waals surface area contributed by atoms with Gasteiger partial charge in [-0.15, -0.1) is 0 Å². The Kier molecular flexibility index (Phi) is 3.49. The molecule has 0 unspecified atom stereocenters. The molecule has 0 N–H and O–H groups in total.